The molecule has 202 valence electrons. The van der Waals surface area contributed by atoms with Gasteiger partial charge in [-0.15, -0.1) is 0 Å². The number of amides is 2. The van der Waals surface area contributed by atoms with Crippen LogP contribution in [-0.2, 0) is 33.3 Å². The highest BCUT2D eigenvalue weighted by molar-refractivity contribution is 8.00. The van der Waals surface area contributed by atoms with Crippen molar-refractivity contribution in [3.63, 3.8) is 0 Å². The molecule has 2 amide bonds. The normalized spacial score (nSPS) is 20.9. The largest absolute Gasteiger partial charge is 0.463 e. The molecule has 2 aliphatic heterocycles. The lowest BCUT2D eigenvalue weighted by Crippen LogP contribution is -2.36. The minimum Gasteiger partial charge on any atom is -0.463 e. The molecule has 0 aromatic carbocycles. The number of fused-ring (bicyclic) bond motifs is 1. The fourth-order valence-electron chi connectivity index (χ4n) is 3.98. The molecule has 0 aliphatic carbocycles. The van der Waals surface area contributed by atoms with Crippen LogP contribution in [0.4, 0.5) is 4.79 Å². The van der Waals surface area contributed by atoms with Crippen molar-refractivity contribution in [2.45, 2.75) is 68.7 Å². The van der Waals surface area contributed by atoms with Crippen LogP contribution in [0.2, 0.25) is 0 Å². The third-order valence-corrected chi connectivity index (χ3v) is 7.35. The molecular formula is C24H42N2O8S. The van der Waals surface area contributed by atoms with E-state index in [0.717, 1.165) is 31.4 Å². The van der Waals surface area contributed by atoms with Gasteiger partial charge < -0.3 is 34.3 Å². The maximum absolute atomic E-state index is 12.0. The highest BCUT2D eigenvalue weighted by Gasteiger charge is 2.42. The molecular weight excluding hydrogens is 476 g/mol. The van der Waals surface area contributed by atoms with Crippen LogP contribution >= 0.6 is 11.8 Å². The Morgan fingerprint density at radius 1 is 0.829 bits per heavy atom. The first-order valence-electron chi connectivity index (χ1n) is 12.7. The molecule has 2 N–H and O–H groups in total. The number of Topliss-reactive ketones (excluding diaryl/α,β-unsaturated/α-hetero) is 1. The van der Waals surface area contributed by atoms with E-state index in [1.165, 1.54) is 0 Å². The molecule has 3 atom stereocenters. The monoisotopic (exact) mass is 518 g/mol. The second kappa shape index (κ2) is 18.8. The zero-order valence-electron chi connectivity index (χ0n) is 20.9. The molecule has 0 spiro atoms. The number of hydrogen-bond donors (Lipinski definition) is 2. The van der Waals surface area contributed by atoms with Crippen molar-refractivity contribution in [2.75, 3.05) is 65.7 Å². The highest BCUT2D eigenvalue weighted by Crippen LogP contribution is 2.33. The molecule has 10 nitrogen and oxygen atoms in total. The van der Waals surface area contributed by atoms with Crippen molar-refractivity contribution in [1.82, 2.24) is 10.6 Å². The number of methoxy groups -OCH3 is 1. The van der Waals surface area contributed by atoms with E-state index >= 15 is 0 Å². The van der Waals surface area contributed by atoms with Gasteiger partial charge in [0, 0.05) is 50.6 Å². The summed E-state index contributed by atoms with van der Waals surface area (Å²) in [6.07, 6.45) is 5.75. The number of urea groups is 1. The summed E-state index contributed by atoms with van der Waals surface area (Å²) in [5.74, 6) is 1.00. The van der Waals surface area contributed by atoms with Gasteiger partial charge in [-0.1, -0.05) is 6.42 Å². The first kappa shape index (κ1) is 29.8. The van der Waals surface area contributed by atoms with Gasteiger partial charge >= 0.3 is 12.0 Å². The van der Waals surface area contributed by atoms with E-state index in [9.17, 15) is 14.4 Å². The first-order chi connectivity index (χ1) is 17.1. The van der Waals surface area contributed by atoms with Crippen LogP contribution in [0.1, 0.15) is 51.4 Å². The van der Waals surface area contributed by atoms with Gasteiger partial charge in [-0.3, -0.25) is 9.59 Å². The third kappa shape index (κ3) is 13.5. The van der Waals surface area contributed by atoms with Crippen LogP contribution in [0.15, 0.2) is 0 Å². The summed E-state index contributed by atoms with van der Waals surface area (Å²) in [5, 5.41) is 6.41. The Morgan fingerprint density at radius 2 is 1.49 bits per heavy atom. The molecule has 2 rings (SSSR count). The van der Waals surface area contributed by atoms with Crippen molar-refractivity contribution in [2.24, 2.45) is 0 Å². The molecule has 0 aromatic rings. The quantitative estimate of drug-likeness (QED) is 0.126. The van der Waals surface area contributed by atoms with Gasteiger partial charge in [0.25, 0.3) is 0 Å². The molecule has 0 saturated carbocycles. The van der Waals surface area contributed by atoms with E-state index in [-0.39, 0.29) is 36.5 Å². The zero-order valence-corrected chi connectivity index (χ0v) is 21.7. The molecule has 2 heterocycles. The summed E-state index contributed by atoms with van der Waals surface area (Å²) in [5.41, 5.74) is 0. The Bertz CT molecular complexity index is 624. The smallest absolute Gasteiger partial charge is 0.315 e. The van der Waals surface area contributed by atoms with E-state index < -0.39 is 0 Å². The number of thioether (sulfide) groups is 1. The molecule has 0 bridgehead atoms. The fraction of sp³-hybridized carbons (Fsp3) is 0.875. The lowest BCUT2D eigenvalue weighted by Gasteiger charge is -2.16. The van der Waals surface area contributed by atoms with Crippen molar-refractivity contribution >= 4 is 29.5 Å². The molecule has 2 saturated heterocycles. The number of rotatable bonds is 22. The molecule has 0 radical (unpaired) electrons. The highest BCUT2D eigenvalue weighted by atomic mass is 32.2. The molecule has 2 aliphatic rings. The second-order valence-corrected chi connectivity index (χ2v) is 9.94. The minimum absolute atomic E-state index is 0.0526. The number of carbonyl (C=O) groups is 3. The summed E-state index contributed by atoms with van der Waals surface area (Å²) in [4.78, 5) is 35.0. The molecule has 35 heavy (non-hydrogen) atoms. The zero-order chi connectivity index (χ0) is 25.1. The average molecular weight is 519 g/mol. The topological polar surface area (TPSA) is 121 Å². The van der Waals surface area contributed by atoms with Gasteiger partial charge in [-0.25, -0.2) is 4.79 Å². The number of esters is 1. The first-order valence-corrected chi connectivity index (χ1v) is 13.7. The van der Waals surface area contributed by atoms with Gasteiger partial charge in [-0.05, 0) is 25.7 Å². The van der Waals surface area contributed by atoms with Crippen LogP contribution in [0.25, 0.3) is 0 Å². The van der Waals surface area contributed by atoms with Crippen molar-refractivity contribution < 1.29 is 38.1 Å². The van der Waals surface area contributed by atoms with Crippen LogP contribution in [0, 0.1) is 0 Å². The Hall–Kier alpha value is -1.40. The van der Waals surface area contributed by atoms with Gasteiger partial charge in [0.15, 0.2) is 0 Å². The Balaban J connectivity index is 1.29. The average Bonchev–Trinajstić information content (AvgIpc) is 3.39. The Labute approximate surface area is 212 Å². The van der Waals surface area contributed by atoms with E-state index in [1.54, 1.807) is 7.11 Å². The summed E-state index contributed by atoms with van der Waals surface area (Å²) < 4.78 is 26.1. The van der Waals surface area contributed by atoms with E-state index in [0.29, 0.717) is 77.2 Å². The van der Waals surface area contributed by atoms with E-state index in [4.69, 9.17) is 23.7 Å². The molecule has 2 fully saturated rings. The number of ketones is 1. The number of nitrogens with one attached hydrogen (secondary N) is 2. The minimum atomic E-state index is -0.254. The standard InChI is InChI=1S/C24H42N2O8S/c1-30-12-13-33-16-17-34-22(28)9-5-11-32-15-14-31-10-4-7-19(27)6-2-3-8-21-23-20(18-35-21)25-24(29)26-23/h20-21,23H,2-18H2,1H3,(H2,25,26,29). The lowest BCUT2D eigenvalue weighted by atomic mass is 10.0. The van der Waals surface area contributed by atoms with Crippen LogP contribution in [-0.4, -0.2) is 101 Å². The molecule has 0 aromatic heterocycles. The van der Waals surface area contributed by atoms with Crippen LogP contribution in [0.3, 0.4) is 0 Å². The molecule has 11 heteroatoms. The SMILES string of the molecule is COCCOCCOC(=O)CCCOCCOCCCC(=O)CCCCC1SCC2NC(=O)NC21. The maximum atomic E-state index is 12.0. The summed E-state index contributed by atoms with van der Waals surface area (Å²) in [7, 11) is 1.60. The van der Waals surface area contributed by atoms with E-state index in [2.05, 4.69) is 10.6 Å². The van der Waals surface area contributed by atoms with Gasteiger partial charge in [-0.2, -0.15) is 11.8 Å². The van der Waals surface area contributed by atoms with Crippen LogP contribution in [0.5, 0.6) is 0 Å². The summed E-state index contributed by atoms with van der Waals surface area (Å²) in [6, 6.07) is 0.446. The number of carbonyl (C=O) groups excluding carboxylic acids is 3. The fourth-order valence-corrected chi connectivity index (χ4v) is 5.52. The maximum Gasteiger partial charge on any atom is 0.315 e. The second-order valence-electron chi connectivity index (χ2n) is 8.66. The van der Waals surface area contributed by atoms with Gasteiger partial charge in [0.2, 0.25) is 0 Å². The predicted octanol–water partition coefficient (Wildman–Crippen LogP) is 2.08. The predicted molar refractivity (Wildman–Crippen MR) is 133 cm³/mol. The number of hydrogen-bond acceptors (Lipinski definition) is 9. The summed E-state index contributed by atoms with van der Waals surface area (Å²) >= 11 is 1.91. The van der Waals surface area contributed by atoms with Crippen molar-refractivity contribution in [3.05, 3.63) is 0 Å². The van der Waals surface area contributed by atoms with Gasteiger partial charge in [0.05, 0.1) is 45.1 Å². The van der Waals surface area contributed by atoms with E-state index in [1.807, 2.05) is 11.8 Å². The molecule has 3 unspecified atom stereocenters. The Kier molecular flexibility index (Phi) is 16.0. The van der Waals surface area contributed by atoms with Crippen LogP contribution < -0.4 is 10.6 Å². The van der Waals surface area contributed by atoms with Crippen molar-refractivity contribution in [3.8, 4) is 0 Å². The number of unbranched alkanes of at least 4 members (excludes halogenated alkanes) is 1. The number of ether oxygens (including phenoxy) is 5. The summed E-state index contributed by atoms with van der Waals surface area (Å²) in [6.45, 7) is 3.60. The third-order valence-electron chi connectivity index (χ3n) is 5.84. The van der Waals surface area contributed by atoms with Crippen molar-refractivity contribution in [1.29, 1.82) is 0 Å². The Morgan fingerprint density at radius 3 is 2.26 bits per heavy atom. The lowest BCUT2D eigenvalue weighted by molar-refractivity contribution is -0.145. The van der Waals surface area contributed by atoms with Gasteiger partial charge in [0.1, 0.15) is 12.4 Å².